The quantitative estimate of drug-likeness (QED) is 0.679. The molecule has 1 fully saturated rings. The molecule has 2 aromatic heterocycles. The molecule has 150 valence electrons. The number of ether oxygens (including phenoxy) is 1. The predicted molar refractivity (Wildman–Crippen MR) is 105 cm³/mol. The highest BCUT2D eigenvalue weighted by Crippen LogP contribution is 2.26. The molecule has 0 aliphatic carbocycles. The van der Waals surface area contributed by atoms with Gasteiger partial charge in [-0.05, 0) is 30.2 Å². The molecule has 0 radical (unpaired) electrons. The fraction of sp³-hybridized carbons (Fsp3) is 0.286. The van der Waals surface area contributed by atoms with Crippen LogP contribution >= 0.6 is 0 Å². The van der Waals surface area contributed by atoms with E-state index in [0.29, 0.717) is 25.6 Å². The van der Waals surface area contributed by atoms with Gasteiger partial charge in [-0.25, -0.2) is 13.8 Å². The van der Waals surface area contributed by atoms with Crippen LogP contribution in [0.15, 0.2) is 53.6 Å². The standard InChI is InChI=1S/C21H20F2N4O2/c1-26-20(28)11-18(16-7-8-24-12-17(16)23)25-21(26)27-9-2-10-29-19(13-27)14-3-5-15(22)6-4-14/h3-8,11-12,19H,2,9-10,13H2,1H3/t19-/m0/s1. The van der Waals surface area contributed by atoms with E-state index in [1.807, 2.05) is 4.90 Å². The molecular formula is C21H20F2N4O2. The van der Waals surface area contributed by atoms with Gasteiger partial charge >= 0.3 is 0 Å². The van der Waals surface area contributed by atoms with Gasteiger partial charge < -0.3 is 9.64 Å². The van der Waals surface area contributed by atoms with E-state index in [4.69, 9.17) is 4.74 Å². The third kappa shape index (κ3) is 4.02. The van der Waals surface area contributed by atoms with E-state index in [1.54, 1.807) is 19.2 Å². The number of hydrogen-bond acceptors (Lipinski definition) is 5. The van der Waals surface area contributed by atoms with Crippen LogP contribution in [-0.2, 0) is 11.8 Å². The number of benzene rings is 1. The first-order chi connectivity index (χ1) is 14.0. The van der Waals surface area contributed by atoms with Gasteiger partial charge in [0.15, 0.2) is 5.82 Å². The summed E-state index contributed by atoms with van der Waals surface area (Å²) in [5.41, 5.74) is 1.04. The molecule has 1 aliphatic rings. The van der Waals surface area contributed by atoms with Crippen molar-refractivity contribution in [2.24, 2.45) is 7.05 Å². The second kappa shape index (κ2) is 8.08. The van der Waals surface area contributed by atoms with Crippen LogP contribution in [0.2, 0.25) is 0 Å². The average molecular weight is 398 g/mol. The van der Waals surface area contributed by atoms with Crippen LogP contribution in [0.4, 0.5) is 14.7 Å². The number of aromatic nitrogens is 3. The Morgan fingerprint density at radius 1 is 1.17 bits per heavy atom. The van der Waals surface area contributed by atoms with E-state index in [9.17, 15) is 13.6 Å². The number of halogens is 2. The van der Waals surface area contributed by atoms with Crippen molar-refractivity contribution in [1.82, 2.24) is 14.5 Å². The van der Waals surface area contributed by atoms with E-state index < -0.39 is 5.82 Å². The molecule has 0 bridgehead atoms. The molecule has 0 amide bonds. The molecule has 0 saturated carbocycles. The fourth-order valence-electron chi connectivity index (χ4n) is 3.42. The van der Waals surface area contributed by atoms with Crippen LogP contribution in [0.25, 0.3) is 11.3 Å². The van der Waals surface area contributed by atoms with Gasteiger partial charge in [-0.3, -0.25) is 14.3 Å². The minimum Gasteiger partial charge on any atom is -0.372 e. The lowest BCUT2D eigenvalue weighted by atomic mass is 10.1. The van der Waals surface area contributed by atoms with Crippen molar-refractivity contribution in [2.45, 2.75) is 12.5 Å². The fourth-order valence-corrected chi connectivity index (χ4v) is 3.42. The van der Waals surface area contributed by atoms with Crippen LogP contribution in [0.3, 0.4) is 0 Å². The van der Waals surface area contributed by atoms with Crippen molar-refractivity contribution in [1.29, 1.82) is 0 Å². The third-order valence-corrected chi connectivity index (χ3v) is 4.96. The first-order valence-electron chi connectivity index (χ1n) is 9.33. The number of pyridine rings is 1. The van der Waals surface area contributed by atoms with Crippen LogP contribution in [0.5, 0.6) is 0 Å². The molecule has 3 aromatic rings. The summed E-state index contributed by atoms with van der Waals surface area (Å²) in [4.78, 5) is 22.8. The first kappa shape index (κ1) is 19.2. The number of hydrogen-bond donors (Lipinski definition) is 0. The van der Waals surface area contributed by atoms with E-state index >= 15 is 0 Å². The lowest BCUT2D eigenvalue weighted by Crippen LogP contribution is -2.34. The summed E-state index contributed by atoms with van der Waals surface area (Å²) in [5.74, 6) is -0.417. The zero-order valence-electron chi connectivity index (χ0n) is 15.9. The maximum Gasteiger partial charge on any atom is 0.255 e. The van der Waals surface area contributed by atoms with Gasteiger partial charge in [-0.2, -0.15) is 0 Å². The van der Waals surface area contributed by atoms with Gasteiger partial charge in [0.2, 0.25) is 5.95 Å². The molecule has 1 atom stereocenters. The Balaban J connectivity index is 1.71. The van der Waals surface area contributed by atoms with Gasteiger partial charge in [-0.1, -0.05) is 12.1 Å². The normalized spacial score (nSPS) is 17.2. The highest BCUT2D eigenvalue weighted by atomic mass is 19.1. The van der Waals surface area contributed by atoms with Crippen molar-refractivity contribution in [3.8, 4) is 11.3 Å². The minimum absolute atomic E-state index is 0.222. The summed E-state index contributed by atoms with van der Waals surface area (Å²) >= 11 is 0. The number of nitrogens with zero attached hydrogens (tertiary/aromatic N) is 4. The SMILES string of the molecule is Cn1c(N2CCCO[C@H](c3ccc(F)cc3)C2)nc(-c2ccncc2F)cc1=O. The lowest BCUT2D eigenvalue weighted by molar-refractivity contribution is 0.0685. The van der Waals surface area contributed by atoms with Gasteiger partial charge in [0.25, 0.3) is 5.56 Å². The summed E-state index contributed by atoms with van der Waals surface area (Å²) in [6.07, 6.45) is 3.00. The largest absolute Gasteiger partial charge is 0.372 e. The topological polar surface area (TPSA) is 60.2 Å². The molecule has 1 aromatic carbocycles. The first-order valence-corrected chi connectivity index (χ1v) is 9.33. The molecule has 29 heavy (non-hydrogen) atoms. The Morgan fingerprint density at radius 3 is 2.72 bits per heavy atom. The number of anilines is 1. The number of rotatable bonds is 3. The smallest absolute Gasteiger partial charge is 0.255 e. The maximum atomic E-state index is 14.2. The van der Waals surface area contributed by atoms with Crippen molar-refractivity contribution in [2.75, 3.05) is 24.6 Å². The molecule has 3 heterocycles. The Morgan fingerprint density at radius 2 is 1.97 bits per heavy atom. The average Bonchev–Trinajstić information content (AvgIpc) is 2.97. The lowest BCUT2D eigenvalue weighted by Gasteiger charge is -2.26. The molecule has 1 aliphatic heterocycles. The summed E-state index contributed by atoms with van der Waals surface area (Å²) < 4.78 is 34.8. The summed E-state index contributed by atoms with van der Waals surface area (Å²) in [5, 5.41) is 0. The zero-order chi connectivity index (χ0) is 20.4. The molecule has 1 saturated heterocycles. The second-order valence-corrected chi connectivity index (χ2v) is 6.90. The van der Waals surface area contributed by atoms with E-state index in [-0.39, 0.29) is 28.7 Å². The summed E-state index contributed by atoms with van der Waals surface area (Å²) in [6.45, 7) is 1.60. The minimum atomic E-state index is -0.539. The van der Waals surface area contributed by atoms with Crippen molar-refractivity contribution >= 4 is 5.95 Å². The van der Waals surface area contributed by atoms with Crippen LogP contribution < -0.4 is 10.5 Å². The molecule has 4 rings (SSSR count). The Hall–Kier alpha value is -3.13. The summed E-state index contributed by atoms with van der Waals surface area (Å²) in [6, 6.07) is 8.99. The molecule has 8 heteroatoms. The Kier molecular flexibility index (Phi) is 5.35. The highest BCUT2D eigenvalue weighted by molar-refractivity contribution is 5.60. The van der Waals surface area contributed by atoms with E-state index in [1.165, 1.54) is 35.0 Å². The van der Waals surface area contributed by atoms with Crippen molar-refractivity contribution in [3.63, 3.8) is 0 Å². The van der Waals surface area contributed by atoms with Crippen LogP contribution in [-0.4, -0.2) is 34.2 Å². The van der Waals surface area contributed by atoms with Crippen LogP contribution in [0.1, 0.15) is 18.1 Å². The molecule has 0 unspecified atom stereocenters. The maximum absolute atomic E-state index is 14.2. The summed E-state index contributed by atoms with van der Waals surface area (Å²) in [7, 11) is 1.63. The molecule has 6 nitrogen and oxygen atoms in total. The van der Waals surface area contributed by atoms with E-state index in [2.05, 4.69) is 9.97 Å². The van der Waals surface area contributed by atoms with Gasteiger partial charge in [0.1, 0.15) is 11.9 Å². The molecule has 0 N–H and O–H groups in total. The third-order valence-electron chi connectivity index (χ3n) is 4.96. The molecular weight excluding hydrogens is 378 g/mol. The van der Waals surface area contributed by atoms with Gasteiger partial charge in [-0.15, -0.1) is 0 Å². The molecule has 0 spiro atoms. The van der Waals surface area contributed by atoms with Gasteiger partial charge in [0, 0.05) is 38.0 Å². The monoisotopic (exact) mass is 398 g/mol. The highest BCUT2D eigenvalue weighted by Gasteiger charge is 2.24. The van der Waals surface area contributed by atoms with Crippen molar-refractivity contribution in [3.05, 3.63) is 76.3 Å². The van der Waals surface area contributed by atoms with Crippen molar-refractivity contribution < 1.29 is 13.5 Å². The Bertz CT molecular complexity index is 1070. The predicted octanol–water partition coefficient (Wildman–Crippen LogP) is 3.09. The zero-order valence-corrected chi connectivity index (χ0v) is 15.9. The van der Waals surface area contributed by atoms with Crippen LogP contribution in [0, 0.1) is 11.6 Å². The Labute approximate surface area is 166 Å². The second-order valence-electron chi connectivity index (χ2n) is 6.90. The van der Waals surface area contributed by atoms with E-state index in [0.717, 1.165) is 18.2 Å². The van der Waals surface area contributed by atoms with Gasteiger partial charge in [0.05, 0.1) is 18.4 Å².